The van der Waals surface area contributed by atoms with Crippen LogP contribution in [-0.2, 0) is 0 Å². The van der Waals surface area contributed by atoms with Crippen molar-refractivity contribution in [2.45, 2.75) is 41.0 Å². The van der Waals surface area contributed by atoms with Crippen LogP contribution in [0.1, 0.15) is 59.0 Å². The number of aryl methyl sites for hydroxylation is 2. The number of carbonyl (C=O) groups is 2. The van der Waals surface area contributed by atoms with Gasteiger partial charge in [-0.3, -0.25) is 4.79 Å². The molecule has 0 saturated heterocycles. The monoisotopic (exact) mass is 277 g/mol. The number of carbonyl (C=O) groups excluding carboxylic acids is 1. The fourth-order valence-corrected chi connectivity index (χ4v) is 2.02. The van der Waals surface area contributed by atoms with Crippen LogP contribution in [0.25, 0.3) is 0 Å². The van der Waals surface area contributed by atoms with E-state index < -0.39 is 5.97 Å². The van der Waals surface area contributed by atoms with Crippen LogP contribution in [-0.4, -0.2) is 23.5 Å². The number of aromatic carboxylic acids is 1. The van der Waals surface area contributed by atoms with Gasteiger partial charge in [0.1, 0.15) is 0 Å². The Morgan fingerprint density at radius 1 is 1.10 bits per heavy atom. The zero-order chi connectivity index (χ0) is 15.5. The summed E-state index contributed by atoms with van der Waals surface area (Å²) in [5.41, 5.74) is 1.78. The fourth-order valence-electron chi connectivity index (χ4n) is 2.02. The third-order valence-corrected chi connectivity index (χ3v) is 3.22. The minimum atomic E-state index is -1.06. The van der Waals surface area contributed by atoms with Crippen LogP contribution in [0.4, 0.5) is 0 Å². The fraction of sp³-hybridized carbons (Fsp3) is 0.500. The van der Waals surface area contributed by atoms with Gasteiger partial charge in [0.05, 0.1) is 11.1 Å². The molecule has 0 fully saturated rings. The zero-order valence-electron chi connectivity index (χ0n) is 12.8. The van der Waals surface area contributed by atoms with Crippen LogP contribution in [0.2, 0.25) is 0 Å². The van der Waals surface area contributed by atoms with Gasteiger partial charge in [-0.15, -0.1) is 0 Å². The van der Waals surface area contributed by atoms with E-state index >= 15 is 0 Å². The first-order valence-corrected chi connectivity index (χ1v) is 6.75. The van der Waals surface area contributed by atoms with Crippen molar-refractivity contribution in [1.82, 2.24) is 5.32 Å². The molecule has 0 bridgehead atoms. The van der Waals surface area contributed by atoms with Gasteiger partial charge in [0.25, 0.3) is 5.91 Å². The molecular weight excluding hydrogens is 254 g/mol. The third-order valence-electron chi connectivity index (χ3n) is 3.22. The van der Waals surface area contributed by atoms with E-state index in [2.05, 4.69) is 26.1 Å². The van der Waals surface area contributed by atoms with Crippen molar-refractivity contribution >= 4 is 11.9 Å². The molecule has 0 spiro atoms. The Labute approximate surface area is 120 Å². The molecule has 1 rings (SSSR count). The average Bonchev–Trinajstić information content (AvgIpc) is 2.29. The number of nitrogens with one attached hydrogen (secondary N) is 1. The van der Waals surface area contributed by atoms with E-state index in [-0.39, 0.29) is 22.4 Å². The quantitative estimate of drug-likeness (QED) is 0.888. The second-order valence-corrected chi connectivity index (χ2v) is 6.32. The smallest absolute Gasteiger partial charge is 0.336 e. The molecule has 0 aliphatic carbocycles. The highest BCUT2D eigenvalue weighted by atomic mass is 16.4. The Morgan fingerprint density at radius 2 is 1.60 bits per heavy atom. The number of hydrogen-bond acceptors (Lipinski definition) is 2. The molecule has 0 aliphatic rings. The highest BCUT2D eigenvalue weighted by Crippen LogP contribution is 2.20. The molecule has 0 heterocycles. The molecule has 1 amide bonds. The Kier molecular flexibility index (Phi) is 4.93. The van der Waals surface area contributed by atoms with Crippen molar-refractivity contribution in [3.05, 3.63) is 34.4 Å². The highest BCUT2D eigenvalue weighted by molar-refractivity contribution is 6.06. The largest absolute Gasteiger partial charge is 0.478 e. The van der Waals surface area contributed by atoms with Crippen molar-refractivity contribution in [1.29, 1.82) is 0 Å². The average molecular weight is 277 g/mol. The minimum absolute atomic E-state index is 0.0956. The van der Waals surface area contributed by atoms with Gasteiger partial charge in [0.2, 0.25) is 0 Å². The van der Waals surface area contributed by atoms with Crippen LogP contribution in [0.15, 0.2) is 12.1 Å². The van der Waals surface area contributed by atoms with E-state index in [9.17, 15) is 14.7 Å². The second-order valence-electron chi connectivity index (χ2n) is 6.32. The van der Waals surface area contributed by atoms with E-state index in [0.717, 1.165) is 6.42 Å². The Bertz CT molecular complexity index is 527. The third kappa shape index (κ3) is 4.08. The Balaban J connectivity index is 2.98. The molecule has 4 nitrogen and oxygen atoms in total. The minimum Gasteiger partial charge on any atom is -0.478 e. The lowest BCUT2D eigenvalue weighted by molar-refractivity contribution is 0.0689. The van der Waals surface area contributed by atoms with E-state index in [1.807, 2.05) is 0 Å². The molecule has 1 aromatic carbocycles. The van der Waals surface area contributed by atoms with Gasteiger partial charge >= 0.3 is 5.97 Å². The number of hydrogen-bond donors (Lipinski definition) is 2. The number of amides is 1. The molecule has 1 aromatic rings. The standard InChI is InChI=1S/C16H23NO3/c1-10-6-7-11(2)13(15(19)20)12(10)14(18)17-9-8-16(3,4)5/h6-7H,8-9H2,1-5H3,(H,17,18)(H,19,20). The summed E-state index contributed by atoms with van der Waals surface area (Å²) in [5.74, 6) is -1.37. The number of rotatable bonds is 4. The van der Waals surface area contributed by atoms with Gasteiger partial charge in [-0.2, -0.15) is 0 Å². The maximum Gasteiger partial charge on any atom is 0.336 e. The van der Waals surface area contributed by atoms with Crippen molar-refractivity contribution < 1.29 is 14.7 Å². The lowest BCUT2D eigenvalue weighted by Crippen LogP contribution is -2.29. The van der Waals surface area contributed by atoms with Gasteiger partial charge in [0, 0.05) is 6.54 Å². The van der Waals surface area contributed by atoms with Gasteiger partial charge in [-0.25, -0.2) is 4.79 Å². The molecule has 2 N–H and O–H groups in total. The van der Waals surface area contributed by atoms with Crippen LogP contribution < -0.4 is 5.32 Å². The molecule has 0 unspecified atom stereocenters. The Morgan fingerprint density at radius 3 is 2.05 bits per heavy atom. The molecule has 0 aromatic heterocycles. The molecule has 0 atom stereocenters. The summed E-state index contributed by atoms with van der Waals surface area (Å²) in [4.78, 5) is 23.6. The number of benzene rings is 1. The van der Waals surface area contributed by atoms with Crippen molar-refractivity contribution in [3.8, 4) is 0 Å². The van der Waals surface area contributed by atoms with Gasteiger partial charge in [-0.1, -0.05) is 32.9 Å². The van der Waals surface area contributed by atoms with E-state index in [1.54, 1.807) is 26.0 Å². The summed E-state index contributed by atoms with van der Waals surface area (Å²) in [6.45, 7) is 10.3. The van der Waals surface area contributed by atoms with Crippen molar-refractivity contribution in [3.63, 3.8) is 0 Å². The van der Waals surface area contributed by atoms with Crippen LogP contribution in [0, 0.1) is 19.3 Å². The predicted molar refractivity (Wildman–Crippen MR) is 79.3 cm³/mol. The van der Waals surface area contributed by atoms with Gasteiger partial charge < -0.3 is 10.4 Å². The molecule has 20 heavy (non-hydrogen) atoms. The SMILES string of the molecule is Cc1ccc(C)c(C(=O)NCCC(C)(C)C)c1C(=O)O. The van der Waals surface area contributed by atoms with Crippen LogP contribution in [0.5, 0.6) is 0 Å². The number of carboxylic acid groups (broad SMARTS) is 1. The lowest BCUT2D eigenvalue weighted by Gasteiger charge is -2.19. The molecule has 4 heteroatoms. The molecule has 0 aliphatic heterocycles. The van der Waals surface area contributed by atoms with Gasteiger partial charge in [0.15, 0.2) is 0 Å². The second kappa shape index (κ2) is 6.07. The topological polar surface area (TPSA) is 66.4 Å². The normalized spacial score (nSPS) is 11.2. The molecular formula is C16H23NO3. The summed E-state index contributed by atoms with van der Waals surface area (Å²) in [7, 11) is 0. The van der Waals surface area contributed by atoms with Crippen LogP contribution in [0.3, 0.4) is 0 Å². The van der Waals surface area contributed by atoms with E-state index in [0.29, 0.717) is 17.7 Å². The maximum atomic E-state index is 12.3. The lowest BCUT2D eigenvalue weighted by atomic mass is 9.92. The summed E-state index contributed by atoms with van der Waals surface area (Å²) in [6, 6.07) is 3.51. The predicted octanol–water partition coefficient (Wildman–Crippen LogP) is 3.17. The number of carboxylic acids is 1. The summed E-state index contributed by atoms with van der Waals surface area (Å²) in [6.07, 6.45) is 0.839. The van der Waals surface area contributed by atoms with Crippen molar-refractivity contribution in [2.24, 2.45) is 5.41 Å². The first-order valence-electron chi connectivity index (χ1n) is 6.75. The first kappa shape index (κ1) is 16.2. The van der Waals surface area contributed by atoms with Gasteiger partial charge in [-0.05, 0) is 36.8 Å². The van der Waals surface area contributed by atoms with Crippen molar-refractivity contribution in [2.75, 3.05) is 6.54 Å². The maximum absolute atomic E-state index is 12.3. The zero-order valence-corrected chi connectivity index (χ0v) is 12.8. The molecule has 110 valence electrons. The molecule has 0 radical (unpaired) electrons. The summed E-state index contributed by atoms with van der Waals surface area (Å²) >= 11 is 0. The molecule has 0 saturated carbocycles. The van der Waals surface area contributed by atoms with Crippen LogP contribution >= 0.6 is 0 Å². The summed E-state index contributed by atoms with van der Waals surface area (Å²) in [5, 5.41) is 12.1. The highest BCUT2D eigenvalue weighted by Gasteiger charge is 2.21. The summed E-state index contributed by atoms with van der Waals surface area (Å²) < 4.78 is 0. The first-order chi connectivity index (χ1) is 9.13. The Hall–Kier alpha value is -1.84. The van der Waals surface area contributed by atoms with E-state index in [4.69, 9.17) is 0 Å². The van der Waals surface area contributed by atoms with E-state index in [1.165, 1.54) is 0 Å².